The molecule has 7 heteroatoms. The number of nitrogens with one attached hydrogen (secondary N) is 2. The molecule has 2 unspecified atom stereocenters. The monoisotopic (exact) mass is 409 g/mol. The summed E-state index contributed by atoms with van der Waals surface area (Å²) in [5, 5.41) is 5.58. The number of benzene rings is 2. The van der Waals surface area contributed by atoms with Crippen LogP contribution >= 0.6 is 0 Å². The zero-order chi connectivity index (χ0) is 21.9. The first-order valence-corrected chi connectivity index (χ1v) is 9.85. The lowest BCUT2D eigenvalue weighted by Crippen LogP contribution is -2.47. The fourth-order valence-corrected chi connectivity index (χ4v) is 3.69. The number of carbonyl (C=O) groups is 3. The number of nitrogens with zero attached hydrogens (tertiary/aromatic N) is 1. The van der Waals surface area contributed by atoms with E-state index < -0.39 is 23.4 Å². The Balaban J connectivity index is 1.67. The van der Waals surface area contributed by atoms with Gasteiger partial charge in [0.05, 0.1) is 13.2 Å². The van der Waals surface area contributed by atoms with E-state index in [0.29, 0.717) is 5.75 Å². The van der Waals surface area contributed by atoms with Gasteiger partial charge in [-0.05, 0) is 38.0 Å². The van der Waals surface area contributed by atoms with Crippen LogP contribution in [-0.2, 0) is 16.0 Å². The summed E-state index contributed by atoms with van der Waals surface area (Å²) < 4.78 is 5.35. The van der Waals surface area contributed by atoms with E-state index in [2.05, 4.69) is 10.6 Å². The first-order chi connectivity index (χ1) is 14.2. The van der Waals surface area contributed by atoms with Crippen LogP contribution in [-0.4, -0.2) is 41.9 Å². The van der Waals surface area contributed by atoms with Crippen molar-refractivity contribution < 1.29 is 19.1 Å². The number of hydrogen-bond donors (Lipinski definition) is 2. The first-order valence-electron chi connectivity index (χ1n) is 9.85. The molecule has 1 aliphatic rings. The number of aryl methyl sites for hydroxylation is 1. The van der Waals surface area contributed by atoms with E-state index >= 15 is 0 Å². The van der Waals surface area contributed by atoms with Crippen molar-refractivity contribution >= 4 is 17.8 Å². The van der Waals surface area contributed by atoms with Gasteiger partial charge in [0.15, 0.2) is 0 Å². The second kappa shape index (κ2) is 8.57. The molecule has 2 aromatic carbocycles. The summed E-state index contributed by atoms with van der Waals surface area (Å²) in [5.74, 6) is -0.185. The highest BCUT2D eigenvalue weighted by Crippen LogP contribution is 2.27. The van der Waals surface area contributed by atoms with Crippen LogP contribution in [0.2, 0.25) is 0 Å². The minimum atomic E-state index is -1.14. The predicted octanol–water partition coefficient (Wildman–Crippen LogP) is 2.73. The second-order valence-corrected chi connectivity index (χ2v) is 7.85. The average Bonchev–Trinajstić information content (AvgIpc) is 2.91. The van der Waals surface area contributed by atoms with Gasteiger partial charge in [-0.3, -0.25) is 14.5 Å². The Morgan fingerprint density at radius 3 is 2.63 bits per heavy atom. The molecule has 0 radical (unpaired) electrons. The highest BCUT2D eigenvalue weighted by molar-refractivity contribution is 6.09. The van der Waals surface area contributed by atoms with Crippen molar-refractivity contribution in [3.8, 4) is 5.75 Å². The molecule has 0 aliphatic carbocycles. The minimum Gasteiger partial charge on any atom is -0.496 e. The van der Waals surface area contributed by atoms with Gasteiger partial charge in [-0.1, -0.05) is 48.0 Å². The number of urea groups is 1. The Kier molecular flexibility index (Phi) is 6.10. The van der Waals surface area contributed by atoms with E-state index in [4.69, 9.17) is 4.74 Å². The quantitative estimate of drug-likeness (QED) is 0.689. The number of ether oxygens (including phenoxy) is 1. The van der Waals surface area contributed by atoms with Crippen molar-refractivity contribution in [1.29, 1.82) is 0 Å². The Morgan fingerprint density at radius 2 is 1.93 bits per heavy atom. The zero-order valence-electron chi connectivity index (χ0n) is 17.7. The molecule has 0 spiro atoms. The molecule has 2 atom stereocenters. The first kappa shape index (κ1) is 21.4. The van der Waals surface area contributed by atoms with E-state index in [-0.39, 0.29) is 19.0 Å². The van der Waals surface area contributed by atoms with Crippen molar-refractivity contribution in [3.05, 3.63) is 65.2 Å². The van der Waals surface area contributed by atoms with Crippen LogP contribution in [0.4, 0.5) is 4.79 Å². The van der Waals surface area contributed by atoms with Crippen molar-refractivity contribution in [2.75, 3.05) is 13.7 Å². The van der Waals surface area contributed by atoms with Crippen LogP contribution in [0.5, 0.6) is 5.75 Å². The van der Waals surface area contributed by atoms with Crippen LogP contribution in [0.1, 0.15) is 36.6 Å². The summed E-state index contributed by atoms with van der Waals surface area (Å²) >= 11 is 0. The average molecular weight is 409 g/mol. The van der Waals surface area contributed by atoms with Crippen LogP contribution in [0.25, 0.3) is 0 Å². The van der Waals surface area contributed by atoms with Crippen molar-refractivity contribution in [1.82, 2.24) is 15.5 Å². The fourth-order valence-electron chi connectivity index (χ4n) is 3.69. The highest BCUT2D eigenvalue weighted by Gasteiger charge is 2.48. The lowest BCUT2D eigenvalue weighted by Gasteiger charge is -2.23. The topological polar surface area (TPSA) is 87.7 Å². The Hall–Kier alpha value is -3.35. The molecule has 158 valence electrons. The Bertz CT molecular complexity index is 974. The third-order valence-corrected chi connectivity index (χ3v) is 5.30. The highest BCUT2D eigenvalue weighted by atomic mass is 16.5. The molecule has 1 heterocycles. The molecule has 1 aliphatic heterocycles. The van der Waals surface area contributed by atoms with Gasteiger partial charge in [0.1, 0.15) is 17.8 Å². The lowest BCUT2D eigenvalue weighted by atomic mass is 9.92. The SMILES string of the molecule is COc1ccccc1CC1(C)NC(=O)N(CC(=O)NC(C)c2cccc(C)c2)C1=O. The predicted molar refractivity (Wildman–Crippen MR) is 113 cm³/mol. The summed E-state index contributed by atoms with van der Waals surface area (Å²) in [5.41, 5.74) is 1.71. The van der Waals surface area contributed by atoms with Gasteiger partial charge in [-0.15, -0.1) is 0 Å². The Morgan fingerprint density at radius 1 is 1.20 bits per heavy atom. The molecule has 0 bridgehead atoms. The van der Waals surface area contributed by atoms with E-state index in [9.17, 15) is 14.4 Å². The van der Waals surface area contributed by atoms with Gasteiger partial charge in [0.2, 0.25) is 5.91 Å². The number of imide groups is 1. The maximum atomic E-state index is 13.0. The fraction of sp³-hybridized carbons (Fsp3) is 0.348. The third-order valence-electron chi connectivity index (χ3n) is 5.30. The Labute approximate surface area is 176 Å². The largest absolute Gasteiger partial charge is 0.496 e. The minimum absolute atomic E-state index is 0.238. The molecule has 2 aromatic rings. The van der Waals surface area contributed by atoms with Crippen molar-refractivity contribution in [2.24, 2.45) is 0 Å². The number of para-hydroxylation sites is 1. The van der Waals surface area contributed by atoms with Gasteiger partial charge >= 0.3 is 6.03 Å². The number of carbonyl (C=O) groups excluding carboxylic acids is 3. The molecule has 2 N–H and O–H groups in total. The van der Waals surface area contributed by atoms with Crippen molar-refractivity contribution in [2.45, 2.75) is 38.8 Å². The third kappa shape index (κ3) is 4.45. The van der Waals surface area contributed by atoms with Crippen LogP contribution < -0.4 is 15.4 Å². The molecule has 1 fully saturated rings. The maximum Gasteiger partial charge on any atom is 0.325 e. The van der Waals surface area contributed by atoms with E-state index in [0.717, 1.165) is 21.6 Å². The zero-order valence-corrected chi connectivity index (χ0v) is 17.7. The van der Waals surface area contributed by atoms with Gasteiger partial charge < -0.3 is 15.4 Å². The molecule has 0 aromatic heterocycles. The molecule has 1 saturated heterocycles. The number of amides is 4. The standard InChI is InChI=1S/C23H27N3O4/c1-15-8-7-10-17(12-15)16(2)24-20(27)14-26-21(28)23(3,25-22(26)29)13-18-9-5-6-11-19(18)30-4/h5-12,16H,13-14H2,1-4H3,(H,24,27)(H,25,29). The van der Waals surface area contributed by atoms with Crippen LogP contribution in [0.3, 0.4) is 0 Å². The lowest BCUT2D eigenvalue weighted by molar-refractivity contribution is -0.134. The molecule has 3 rings (SSSR count). The van der Waals surface area contributed by atoms with E-state index in [1.54, 1.807) is 20.1 Å². The van der Waals surface area contributed by atoms with Crippen LogP contribution in [0.15, 0.2) is 48.5 Å². The van der Waals surface area contributed by atoms with Gasteiger partial charge in [-0.25, -0.2) is 4.79 Å². The molecular weight excluding hydrogens is 382 g/mol. The van der Waals surface area contributed by atoms with Gasteiger partial charge in [-0.2, -0.15) is 0 Å². The van der Waals surface area contributed by atoms with E-state index in [1.807, 2.05) is 56.3 Å². The summed E-state index contributed by atoms with van der Waals surface area (Å²) in [6.07, 6.45) is 0.263. The number of rotatable bonds is 7. The second-order valence-electron chi connectivity index (χ2n) is 7.85. The smallest absolute Gasteiger partial charge is 0.325 e. The molecular formula is C23H27N3O4. The van der Waals surface area contributed by atoms with Gasteiger partial charge in [0, 0.05) is 6.42 Å². The molecule has 4 amide bonds. The maximum absolute atomic E-state index is 13.0. The van der Waals surface area contributed by atoms with E-state index in [1.165, 1.54) is 0 Å². The summed E-state index contributed by atoms with van der Waals surface area (Å²) in [7, 11) is 1.56. The molecule has 0 saturated carbocycles. The number of methoxy groups -OCH3 is 1. The van der Waals surface area contributed by atoms with Gasteiger partial charge in [0.25, 0.3) is 5.91 Å². The molecule has 7 nitrogen and oxygen atoms in total. The normalized spacial score (nSPS) is 19.4. The number of hydrogen-bond acceptors (Lipinski definition) is 4. The molecule has 30 heavy (non-hydrogen) atoms. The van der Waals surface area contributed by atoms with Crippen molar-refractivity contribution in [3.63, 3.8) is 0 Å². The summed E-state index contributed by atoms with van der Waals surface area (Å²) in [6, 6.07) is 14.3. The summed E-state index contributed by atoms with van der Waals surface area (Å²) in [6.45, 7) is 5.17. The summed E-state index contributed by atoms with van der Waals surface area (Å²) in [4.78, 5) is 39.0. The van der Waals surface area contributed by atoms with Crippen LogP contribution in [0, 0.1) is 6.92 Å².